The first-order chi connectivity index (χ1) is 7.66. The highest BCUT2D eigenvalue weighted by molar-refractivity contribution is 9.10. The fourth-order valence-corrected chi connectivity index (χ4v) is 2.91. The first-order valence-corrected chi connectivity index (χ1v) is 6.67. The Balaban J connectivity index is 2.09. The highest BCUT2D eigenvalue weighted by Crippen LogP contribution is 2.29. The average molecular weight is 284 g/mol. The second-order valence-corrected chi connectivity index (χ2v) is 5.45. The molecule has 0 saturated carbocycles. The lowest BCUT2D eigenvalue weighted by Gasteiger charge is -2.23. The molecule has 1 saturated heterocycles. The molecule has 0 aliphatic carbocycles. The molecular formula is C13H18BrNO. The molecule has 0 amide bonds. The number of benzene rings is 1. The van der Waals surface area contributed by atoms with E-state index in [4.69, 9.17) is 0 Å². The zero-order chi connectivity index (χ0) is 11.5. The van der Waals surface area contributed by atoms with E-state index in [1.807, 2.05) is 13.0 Å². The quantitative estimate of drug-likeness (QED) is 0.874. The van der Waals surface area contributed by atoms with Crippen molar-refractivity contribution in [3.8, 4) is 5.75 Å². The molecule has 0 radical (unpaired) electrons. The van der Waals surface area contributed by atoms with Crippen LogP contribution in [0.1, 0.15) is 30.4 Å². The Bertz CT molecular complexity index is 349. The molecule has 1 fully saturated rings. The normalized spacial score (nSPS) is 21.0. The molecule has 1 heterocycles. The maximum absolute atomic E-state index is 9.67. The molecule has 1 aliphatic heterocycles. The monoisotopic (exact) mass is 283 g/mol. The average Bonchev–Trinajstić information content (AvgIpc) is 2.27. The van der Waals surface area contributed by atoms with Crippen LogP contribution in [-0.4, -0.2) is 17.7 Å². The number of phenols is 1. The molecule has 0 bridgehead atoms. The summed E-state index contributed by atoms with van der Waals surface area (Å²) < 4.78 is 0.804. The van der Waals surface area contributed by atoms with E-state index in [1.165, 1.54) is 24.8 Å². The second kappa shape index (κ2) is 5.19. The van der Waals surface area contributed by atoms with Crippen molar-refractivity contribution in [1.29, 1.82) is 0 Å². The van der Waals surface area contributed by atoms with E-state index in [0.717, 1.165) is 23.0 Å². The SMILES string of the molecule is Cc1cc(CC2CCCCN2)cc(Br)c1O. The Morgan fingerprint density at radius 2 is 2.25 bits per heavy atom. The van der Waals surface area contributed by atoms with Crippen LogP contribution in [-0.2, 0) is 6.42 Å². The number of aromatic hydroxyl groups is 1. The summed E-state index contributed by atoms with van der Waals surface area (Å²) in [5, 5.41) is 13.2. The minimum Gasteiger partial charge on any atom is -0.506 e. The Kier molecular flexibility index (Phi) is 3.87. The minimum atomic E-state index is 0.361. The van der Waals surface area contributed by atoms with Gasteiger partial charge in [-0.05, 0) is 65.9 Å². The third kappa shape index (κ3) is 2.77. The van der Waals surface area contributed by atoms with Crippen LogP contribution >= 0.6 is 15.9 Å². The van der Waals surface area contributed by atoms with Gasteiger partial charge in [0.05, 0.1) is 4.47 Å². The number of nitrogens with one attached hydrogen (secondary N) is 1. The summed E-state index contributed by atoms with van der Waals surface area (Å²) in [5.74, 6) is 0.361. The van der Waals surface area contributed by atoms with Crippen molar-refractivity contribution < 1.29 is 5.11 Å². The fourth-order valence-electron chi connectivity index (χ4n) is 2.31. The van der Waals surface area contributed by atoms with Gasteiger partial charge in [-0.2, -0.15) is 0 Å². The summed E-state index contributed by atoms with van der Waals surface area (Å²) in [5.41, 5.74) is 2.24. The van der Waals surface area contributed by atoms with Gasteiger partial charge in [0, 0.05) is 6.04 Å². The van der Waals surface area contributed by atoms with Crippen LogP contribution in [0.15, 0.2) is 16.6 Å². The van der Waals surface area contributed by atoms with Crippen LogP contribution in [0, 0.1) is 6.92 Å². The minimum absolute atomic E-state index is 0.361. The van der Waals surface area contributed by atoms with E-state index in [1.54, 1.807) is 0 Å². The number of aryl methyl sites for hydroxylation is 1. The van der Waals surface area contributed by atoms with Crippen LogP contribution in [0.5, 0.6) is 5.75 Å². The number of rotatable bonds is 2. The van der Waals surface area contributed by atoms with Crippen LogP contribution < -0.4 is 5.32 Å². The van der Waals surface area contributed by atoms with Crippen molar-refractivity contribution in [2.24, 2.45) is 0 Å². The van der Waals surface area contributed by atoms with E-state index in [0.29, 0.717) is 11.8 Å². The van der Waals surface area contributed by atoms with Gasteiger partial charge in [0.1, 0.15) is 5.75 Å². The van der Waals surface area contributed by atoms with Gasteiger partial charge in [-0.1, -0.05) is 12.5 Å². The van der Waals surface area contributed by atoms with Crippen LogP contribution in [0.2, 0.25) is 0 Å². The van der Waals surface area contributed by atoms with Gasteiger partial charge in [0.2, 0.25) is 0 Å². The maximum atomic E-state index is 9.67. The van der Waals surface area contributed by atoms with Gasteiger partial charge in [-0.15, -0.1) is 0 Å². The van der Waals surface area contributed by atoms with Crippen molar-refractivity contribution in [2.45, 2.75) is 38.6 Å². The lowest BCUT2D eigenvalue weighted by molar-refractivity contribution is 0.399. The first-order valence-electron chi connectivity index (χ1n) is 5.88. The van der Waals surface area contributed by atoms with E-state index < -0.39 is 0 Å². The van der Waals surface area contributed by atoms with E-state index in [2.05, 4.69) is 27.3 Å². The summed E-state index contributed by atoms with van der Waals surface area (Å²) in [6.07, 6.45) is 4.95. The molecule has 2 rings (SSSR count). The number of hydrogen-bond acceptors (Lipinski definition) is 2. The second-order valence-electron chi connectivity index (χ2n) is 4.59. The summed E-state index contributed by atoms with van der Waals surface area (Å²) in [6, 6.07) is 4.71. The smallest absolute Gasteiger partial charge is 0.132 e. The summed E-state index contributed by atoms with van der Waals surface area (Å²) in [4.78, 5) is 0. The highest BCUT2D eigenvalue weighted by atomic mass is 79.9. The predicted molar refractivity (Wildman–Crippen MR) is 69.9 cm³/mol. The molecule has 0 spiro atoms. The lowest BCUT2D eigenvalue weighted by atomic mass is 9.97. The van der Waals surface area contributed by atoms with E-state index >= 15 is 0 Å². The van der Waals surface area contributed by atoms with Crippen molar-refractivity contribution >= 4 is 15.9 Å². The molecule has 2 nitrogen and oxygen atoms in total. The van der Waals surface area contributed by atoms with E-state index in [9.17, 15) is 5.11 Å². The van der Waals surface area contributed by atoms with Crippen LogP contribution in [0.25, 0.3) is 0 Å². The molecule has 1 unspecified atom stereocenters. The number of halogens is 1. The summed E-state index contributed by atoms with van der Waals surface area (Å²) in [6.45, 7) is 3.08. The van der Waals surface area contributed by atoms with Crippen LogP contribution in [0.3, 0.4) is 0 Å². The lowest BCUT2D eigenvalue weighted by Crippen LogP contribution is -2.35. The Morgan fingerprint density at radius 3 is 2.88 bits per heavy atom. The summed E-state index contributed by atoms with van der Waals surface area (Å²) >= 11 is 3.39. The highest BCUT2D eigenvalue weighted by Gasteiger charge is 2.14. The Morgan fingerprint density at radius 1 is 1.44 bits per heavy atom. The molecule has 0 aromatic heterocycles. The number of phenolic OH excluding ortho intramolecular Hbond substituents is 1. The van der Waals surface area contributed by atoms with Crippen molar-refractivity contribution in [3.63, 3.8) is 0 Å². The molecule has 1 aromatic rings. The van der Waals surface area contributed by atoms with Crippen molar-refractivity contribution in [1.82, 2.24) is 5.32 Å². The molecule has 88 valence electrons. The molecule has 1 atom stereocenters. The van der Waals surface area contributed by atoms with Crippen LogP contribution in [0.4, 0.5) is 0 Å². The first kappa shape index (κ1) is 11.9. The zero-order valence-electron chi connectivity index (χ0n) is 9.59. The van der Waals surface area contributed by atoms with Gasteiger partial charge < -0.3 is 10.4 Å². The topological polar surface area (TPSA) is 32.3 Å². The van der Waals surface area contributed by atoms with E-state index in [-0.39, 0.29) is 0 Å². The standard InChI is InChI=1S/C13H18BrNO/c1-9-6-10(8-12(14)13(9)16)7-11-4-2-3-5-15-11/h6,8,11,15-16H,2-5,7H2,1H3. The zero-order valence-corrected chi connectivity index (χ0v) is 11.2. The third-order valence-corrected chi connectivity index (χ3v) is 3.81. The molecule has 16 heavy (non-hydrogen) atoms. The molecule has 3 heteroatoms. The molecule has 2 N–H and O–H groups in total. The Hall–Kier alpha value is -0.540. The van der Waals surface area contributed by atoms with Crippen molar-refractivity contribution in [3.05, 3.63) is 27.7 Å². The van der Waals surface area contributed by atoms with Crippen molar-refractivity contribution in [2.75, 3.05) is 6.54 Å². The van der Waals surface area contributed by atoms with Gasteiger partial charge >= 0.3 is 0 Å². The molecule has 1 aromatic carbocycles. The van der Waals surface area contributed by atoms with Gasteiger partial charge in [0.25, 0.3) is 0 Å². The largest absolute Gasteiger partial charge is 0.506 e. The van der Waals surface area contributed by atoms with Gasteiger partial charge in [0.15, 0.2) is 0 Å². The molecular weight excluding hydrogens is 266 g/mol. The summed E-state index contributed by atoms with van der Waals surface area (Å²) in [7, 11) is 0. The number of piperidine rings is 1. The fraction of sp³-hybridized carbons (Fsp3) is 0.538. The predicted octanol–water partition coefficient (Wildman–Crippen LogP) is 3.15. The Labute approximate surface area is 105 Å². The maximum Gasteiger partial charge on any atom is 0.132 e. The molecule has 1 aliphatic rings. The number of hydrogen-bond donors (Lipinski definition) is 2. The third-order valence-electron chi connectivity index (χ3n) is 3.21. The van der Waals surface area contributed by atoms with Gasteiger partial charge in [-0.25, -0.2) is 0 Å². The van der Waals surface area contributed by atoms with Gasteiger partial charge in [-0.3, -0.25) is 0 Å².